The van der Waals surface area contributed by atoms with Gasteiger partial charge >= 0.3 is 12.1 Å². The first-order valence-corrected chi connectivity index (χ1v) is 19.8. The van der Waals surface area contributed by atoms with Gasteiger partial charge in [0.2, 0.25) is 0 Å². The average Bonchev–Trinajstić information content (AvgIpc) is 3.18. The molecular formula is C40H68N2O9. The maximum Gasteiger partial charge on any atom is 0.410 e. The van der Waals surface area contributed by atoms with Crippen molar-refractivity contribution in [2.45, 2.75) is 181 Å². The monoisotopic (exact) mass is 720 g/mol. The highest BCUT2D eigenvalue weighted by Gasteiger charge is 2.72. The van der Waals surface area contributed by atoms with Crippen molar-refractivity contribution in [3.63, 3.8) is 0 Å². The molecule has 0 aromatic heterocycles. The molecule has 4 unspecified atom stereocenters. The zero-order valence-electron chi connectivity index (χ0n) is 33.0. The van der Waals surface area contributed by atoms with E-state index in [1.165, 1.54) is 6.92 Å². The highest BCUT2D eigenvalue weighted by molar-refractivity contribution is 5.68. The van der Waals surface area contributed by atoms with Crippen LogP contribution in [0.1, 0.15) is 127 Å². The normalized spacial score (nSPS) is 44.6. The number of nitrogens with two attached hydrogens (primary N) is 1. The molecule has 292 valence electrons. The third-order valence-electron chi connectivity index (χ3n) is 14.6. The molecule has 2 bridgehead atoms. The van der Waals surface area contributed by atoms with E-state index in [4.69, 9.17) is 29.4 Å². The van der Waals surface area contributed by atoms with Crippen LogP contribution in [-0.4, -0.2) is 100 Å². The summed E-state index contributed by atoms with van der Waals surface area (Å²) in [6.45, 7) is 20.8. The number of carbonyl (C=O) groups is 2. The predicted molar refractivity (Wildman–Crippen MR) is 191 cm³/mol. The van der Waals surface area contributed by atoms with Crippen LogP contribution in [0.2, 0.25) is 0 Å². The van der Waals surface area contributed by atoms with Gasteiger partial charge in [-0.25, -0.2) is 4.79 Å². The number of aliphatic hydroxyl groups is 2. The standard InChI is InChI=1S/C40H68N2O9/c1-23-20-26(33(37(8,9)46)48-24(2)43)49-31-30(23)38(10)15-11-16-39-17-14-28(50-29-22-42(18-19-47-29)34(45)51-35(3,4)5)36(6,7)27(39)13-12-25(21-39)40(38,41)32(31)44/h23,25-33,44,46H,11-22,41H2,1-10H3/t23-,25?,26?,27+,28+,29+,30+,31?,32+,33+,38-,39?,40+/m1/s1. The smallest absolute Gasteiger partial charge is 0.410 e. The number of aliphatic hydroxyl groups excluding tert-OH is 1. The van der Waals surface area contributed by atoms with E-state index in [1.807, 2.05) is 20.8 Å². The maximum atomic E-state index is 12.8. The number of amides is 1. The quantitative estimate of drug-likeness (QED) is 0.308. The van der Waals surface area contributed by atoms with E-state index in [2.05, 4.69) is 27.7 Å². The molecule has 51 heavy (non-hydrogen) atoms. The Kier molecular flexibility index (Phi) is 10.3. The van der Waals surface area contributed by atoms with Crippen LogP contribution in [0.3, 0.4) is 0 Å². The zero-order chi connectivity index (χ0) is 37.5. The second-order valence-electron chi connectivity index (χ2n) is 19.8. The number of fused-ring (bicyclic) bond motifs is 5. The maximum absolute atomic E-state index is 12.8. The van der Waals surface area contributed by atoms with E-state index in [1.54, 1.807) is 18.7 Å². The second-order valence-corrected chi connectivity index (χ2v) is 19.8. The Labute approximate surface area is 306 Å². The van der Waals surface area contributed by atoms with Crippen molar-refractivity contribution in [3.05, 3.63) is 0 Å². The van der Waals surface area contributed by atoms with Crippen molar-refractivity contribution in [1.82, 2.24) is 4.90 Å². The Morgan fingerprint density at radius 1 is 1.04 bits per heavy atom. The molecule has 2 aliphatic heterocycles. The van der Waals surface area contributed by atoms with Crippen LogP contribution >= 0.6 is 0 Å². The van der Waals surface area contributed by atoms with Gasteiger partial charge < -0.3 is 44.5 Å². The van der Waals surface area contributed by atoms with Crippen LogP contribution in [0, 0.1) is 39.9 Å². The van der Waals surface area contributed by atoms with Gasteiger partial charge in [0.05, 0.1) is 48.7 Å². The lowest BCUT2D eigenvalue weighted by Gasteiger charge is -2.64. The van der Waals surface area contributed by atoms with E-state index < -0.39 is 53.4 Å². The molecule has 2 heterocycles. The molecule has 6 rings (SSSR count). The Morgan fingerprint density at radius 2 is 1.75 bits per heavy atom. The summed E-state index contributed by atoms with van der Waals surface area (Å²) < 4.78 is 30.9. The van der Waals surface area contributed by atoms with Crippen molar-refractivity contribution in [2.75, 3.05) is 19.7 Å². The Bertz CT molecular complexity index is 1310. The first-order valence-electron chi connectivity index (χ1n) is 19.8. The summed E-state index contributed by atoms with van der Waals surface area (Å²) in [5.74, 6) is 0.302. The lowest BCUT2D eigenvalue weighted by atomic mass is 9.43. The molecule has 2 saturated heterocycles. The van der Waals surface area contributed by atoms with Crippen LogP contribution in [0.15, 0.2) is 0 Å². The number of carbonyl (C=O) groups excluding carboxylic acids is 2. The molecule has 4 saturated carbocycles. The van der Waals surface area contributed by atoms with Crippen molar-refractivity contribution >= 4 is 12.1 Å². The van der Waals surface area contributed by atoms with Gasteiger partial charge in [-0.15, -0.1) is 0 Å². The second kappa shape index (κ2) is 13.4. The SMILES string of the molecule is CC(=O)O[C@@H](C1C[C@@H](C)[C@H]2C(O1)[C@H](O)[C@@]1(N)C3CC[C@@H]4C(CCC[C@]21C)(CC[C@H](O[C@H]1CN(C(=O)OC(C)(C)C)CCO1)C4(C)C)C3)C(C)(C)O. The highest BCUT2D eigenvalue weighted by atomic mass is 16.7. The number of hydrogen-bond acceptors (Lipinski definition) is 10. The van der Waals surface area contributed by atoms with E-state index in [0.717, 1.165) is 51.4 Å². The van der Waals surface area contributed by atoms with Gasteiger partial charge in [0.15, 0.2) is 12.4 Å². The summed E-state index contributed by atoms with van der Waals surface area (Å²) in [7, 11) is 0. The first-order chi connectivity index (χ1) is 23.5. The van der Waals surface area contributed by atoms with Crippen molar-refractivity contribution in [2.24, 2.45) is 45.7 Å². The predicted octanol–water partition coefficient (Wildman–Crippen LogP) is 5.56. The zero-order valence-corrected chi connectivity index (χ0v) is 33.0. The molecule has 11 heteroatoms. The number of rotatable bonds is 5. The van der Waals surface area contributed by atoms with Crippen molar-refractivity contribution in [1.29, 1.82) is 0 Å². The van der Waals surface area contributed by atoms with E-state index in [0.29, 0.717) is 32.0 Å². The molecule has 1 amide bonds. The molecule has 4 aliphatic carbocycles. The van der Waals surface area contributed by atoms with Crippen molar-refractivity contribution < 1.29 is 43.5 Å². The first kappa shape index (κ1) is 39.2. The number of ether oxygens (including phenoxy) is 5. The van der Waals surface area contributed by atoms with E-state index >= 15 is 0 Å². The summed E-state index contributed by atoms with van der Waals surface area (Å²) in [5, 5.41) is 23.4. The van der Waals surface area contributed by atoms with Crippen LogP contribution < -0.4 is 5.73 Å². The molecule has 4 N–H and O–H groups in total. The van der Waals surface area contributed by atoms with Crippen molar-refractivity contribution in [3.8, 4) is 0 Å². The van der Waals surface area contributed by atoms with Gasteiger partial charge in [-0.1, -0.05) is 34.1 Å². The third kappa shape index (κ3) is 6.77. The minimum Gasteiger partial charge on any atom is -0.457 e. The average molecular weight is 721 g/mol. The number of esters is 1. The van der Waals surface area contributed by atoms with Gasteiger partial charge in [0.25, 0.3) is 0 Å². The third-order valence-corrected chi connectivity index (χ3v) is 14.6. The summed E-state index contributed by atoms with van der Waals surface area (Å²) in [5.41, 5.74) is 4.67. The Balaban J connectivity index is 1.20. The molecule has 6 fully saturated rings. The Hall–Kier alpha value is -1.50. The van der Waals surface area contributed by atoms with Gasteiger partial charge in [0, 0.05) is 13.5 Å². The van der Waals surface area contributed by atoms with Crippen LogP contribution in [-0.2, 0) is 28.5 Å². The molecule has 1 spiro atoms. The van der Waals surface area contributed by atoms with E-state index in [9.17, 15) is 19.8 Å². The number of morpholine rings is 1. The minimum absolute atomic E-state index is 0.0112. The lowest BCUT2D eigenvalue weighted by Crippen LogP contribution is -2.67. The summed E-state index contributed by atoms with van der Waals surface area (Å²) in [6.07, 6.45) is 4.93. The fraction of sp³-hybridized carbons (Fsp3) is 0.950. The summed E-state index contributed by atoms with van der Waals surface area (Å²) in [6, 6.07) is 0. The molecule has 0 aromatic rings. The van der Waals surface area contributed by atoms with Gasteiger partial charge in [-0.3, -0.25) is 4.79 Å². The van der Waals surface area contributed by atoms with Crippen LogP contribution in [0.4, 0.5) is 4.79 Å². The van der Waals surface area contributed by atoms with Crippen LogP contribution in [0.25, 0.3) is 0 Å². The fourth-order valence-electron chi connectivity index (χ4n) is 12.6. The van der Waals surface area contributed by atoms with Gasteiger partial charge in [-0.2, -0.15) is 0 Å². The fourth-order valence-corrected chi connectivity index (χ4v) is 12.6. The number of hydrogen-bond donors (Lipinski definition) is 3. The van der Waals surface area contributed by atoms with Gasteiger partial charge in [0.1, 0.15) is 5.60 Å². The van der Waals surface area contributed by atoms with Gasteiger partial charge in [-0.05, 0) is 126 Å². The largest absolute Gasteiger partial charge is 0.457 e. The minimum atomic E-state index is -1.31. The number of nitrogens with zero attached hydrogens (tertiary/aromatic N) is 1. The summed E-state index contributed by atoms with van der Waals surface area (Å²) in [4.78, 5) is 26.6. The molecule has 13 atom stereocenters. The molecule has 0 aromatic carbocycles. The lowest BCUT2D eigenvalue weighted by molar-refractivity contribution is -0.250. The molecule has 11 nitrogen and oxygen atoms in total. The molecular weight excluding hydrogens is 652 g/mol. The van der Waals surface area contributed by atoms with E-state index in [-0.39, 0.29) is 46.2 Å². The topological polar surface area (TPSA) is 150 Å². The molecule has 0 radical (unpaired) electrons. The van der Waals surface area contributed by atoms with Crippen LogP contribution in [0.5, 0.6) is 0 Å². The highest BCUT2D eigenvalue weighted by Crippen LogP contribution is 2.69. The summed E-state index contributed by atoms with van der Waals surface area (Å²) >= 11 is 0. The molecule has 6 aliphatic rings. The Morgan fingerprint density at radius 3 is 2.39 bits per heavy atom.